The number of hydrogen-bond donors (Lipinski definition) is 0. The zero-order chi connectivity index (χ0) is 13.1. The number of rotatable bonds is 2. The third-order valence-corrected chi connectivity index (χ3v) is 3.33. The third kappa shape index (κ3) is 2.46. The first-order valence-electron chi connectivity index (χ1n) is 5.85. The van der Waals surface area contributed by atoms with Gasteiger partial charge in [-0.05, 0) is 31.6 Å². The molecule has 2 heterocycles. The molecule has 0 atom stereocenters. The van der Waals surface area contributed by atoms with E-state index in [1.807, 2.05) is 38.4 Å². The van der Waals surface area contributed by atoms with Gasteiger partial charge in [0.25, 0.3) is 0 Å². The summed E-state index contributed by atoms with van der Waals surface area (Å²) in [6.45, 7) is 4.64. The van der Waals surface area contributed by atoms with Gasteiger partial charge in [-0.25, -0.2) is 0 Å². The smallest absolute Gasteiger partial charge is 0.137 e. The maximum Gasteiger partial charge on any atom is 0.137 e. The summed E-state index contributed by atoms with van der Waals surface area (Å²) in [5.74, 6) is 0.951. The van der Waals surface area contributed by atoms with Gasteiger partial charge >= 0.3 is 0 Å². The number of amidine groups is 1. The van der Waals surface area contributed by atoms with Crippen LogP contribution in [0.2, 0.25) is 0 Å². The number of pyridine rings is 1. The predicted molar refractivity (Wildman–Crippen MR) is 75.8 cm³/mol. The lowest BCUT2D eigenvalue weighted by Crippen LogP contribution is -2.23. The van der Waals surface area contributed by atoms with E-state index in [1.165, 1.54) is 5.56 Å². The molecule has 1 aromatic heterocycles. The number of likely N-dealkylation sites (N-methyl/N-ethyl adjacent to an activating group) is 1. The Morgan fingerprint density at radius 2 is 2.28 bits per heavy atom. The Labute approximate surface area is 113 Å². The molecule has 4 heteroatoms. The molecule has 0 N–H and O–H groups in total. The van der Waals surface area contributed by atoms with E-state index in [-0.39, 0.29) is 0 Å². The first kappa shape index (κ1) is 12.8. The van der Waals surface area contributed by atoms with Crippen molar-refractivity contribution in [2.75, 3.05) is 13.6 Å². The van der Waals surface area contributed by atoms with Gasteiger partial charge in [0.1, 0.15) is 5.84 Å². The average molecular weight is 262 g/mol. The Kier molecular flexibility index (Phi) is 3.82. The number of aliphatic imine (C=N–C) groups is 1. The monoisotopic (exact) mass is 261 g/mol. The molecular formula is C14H16ClN3. The summed E-state index contributed by atoms with van der Waals surface area (Å²) in [6.07, 6.45) is 7.46. The van der Waals surface area contributed by atoms with Gasteiger partial charge in [0, 0.05) is 35.7 Å². The van der Waals surface area contributed by atoms with Crippen LogP contribution in [-0.2, 0) is 0 Å². The summed E-state index contributed by atoms with van der Waals surface area (Å²) >= 11 is 6.03. The highest BCUT2D eigenvalue weighted by molar-refractivity contribution is 6.31. The van der Waals surface area contributed by atoms with E-state index in [2.05, 4.69) is 21.8 Å². The molecule has 1 aromatic rings. The maximum absolute atomic E-state index is 6.03. The molecule has 0 radical (unpaired) electrons. The molecule has 94 valence electrons. The van der Waals surface area contributed by atoms with Crippen molar-refractivity contribution in [1.82, 2.24) is 9.88 Å². The second kappa shape index (κ2) is 5.36. The number of allylic oxidation sites excluding steroid dienone is 3. The van der Waals surface area contributed by atoms with Gasteiger partial charge in [-0.15, -0.1) is 0 Å². The quantitative estimate of drug-likeness (QED) is 0.818. The van der Waals surface area contributed by atoms with Gasteiger partial charge in [-0.2, -0.15) is 0 Å². The first-order chi connectivity index (χ1) is 8.63. The van der Waals surface area contributed by atoms with Crippen LogP contribution in [0.1, 0.15) is 18.1 Å². The lowest BCUT2D eigenvalue weighted by molar-refractivity contribution is 0.650. The van der Waals surface area contributed by atoms with Crippen LogP contribution in [0.5, 0.6) is 0 Å². The van der Waals surface area contributed by atoms with E-state index in [0.717, 1.165) is 22.1 Å². The second-order valence-electron chi connectivity index (χ2n) is 4.20. The summed E-state index contributed by atoms with van der Waals surface area (Å²) in [6, 6.07) is 1.99. The van der Waals surface area contributed by atoms with Crippen molar-refractivity contribution in [3.63, 3.8) is 0 Å². The first-order valence-corrected chi connectivity index (χ1v) is 6.23. The van der Waals surface area contributed by atoms with Gasteiger partial charge in [-0.3, -0.25) is 9.98 Å². The van der Waals surface area contributed by atoms with Gasteiger partial charge in [0.05, 0.1) is 6.54 Å². The summed E-state index contributed by atoms with van der Waals surface area (Å²) in [5.41, 5.74) is 3.34. The molecule has 0 aliphatic carbocycles. The van der Waals surface area contributed by atoms with Crippen LogP contribution in [0, 0.1) is 6.92 Å². The molecule has 2 rings (SSSR count). The fourth-order valence-electron chi connectivity index (χ4n) is 1.85. The molecule has 1 aliphatic rings. The van der Waals surface area contributed by atoms with Crippen LogP contribution in [0.15, 0.2) is 46.3 Å². The van der Waals surface area contributed by atoms with Crippen molar-refractivity contribution >= 4 is 17.4 Å². The summed E-state index contributed by atoms with van der Waals surface area (Å²) in [4.78, 5) is 10.8. The van der Waals surface area contributed by atoms with E-state index in [0.29, 0.717) is 6.54 Å². The minimum absolute atomic E-state index is 0.657. The zero-order valence-corrected chi connectivity index (χ0v) is 11.6. The number of nitrogens with zero attached hydrogens (tertiary/aromatic N) is 3. The molecule has 0 spiro atoms. The highest BCUT2D eigenvalue weighted by Gasteiger charge is 2.21. The van der Waals surface area contributed by atoms with Crippen molar-refractivity contribution in [3.05, 3.63) is 52.5 Å². The van der Waals surface area contributed by atoms with Crippen molar-refractivity contribution in [1.29, 1.82) is 0 Å². The minimum Gasteiger partial charge on any atom is -0.331 e. The third-order valence-electron chi connectivity index (χ3n) is 3.00. The highest BCUT2D eigenvalue weighted by atomic mass is 35.5. The van der Waals surface area contributed by atoms with Crippen LogP contribution in [0.3, 0.4) is 0 Å². The molecule has 0 saturated heterocycles. The number of aryl methyl sites for hydroxylation is 1. The van der Waals surface area contributed by atoms with E-state index >= 15 is 0 Å². The molecular weight excluding hydrogens is 246 g/mol. The molecule has 1 aliphatic heterocycles. The lowest BCUT2D eigenvalue weighted by Gasteiger charge is -2.17. The molecule has 0 fully saturated rings. The zero-order valence-electron chi connectivity index (χ0n) is 10.8. The van der Waals surface area contributed by atoms with Crippen LogP contribution in [0.4, 0.5) is 0 Å². The highest BCUT2D eigenvalue weighted by Crippen LogP contribution is 2.21. The van der Waals surface area contributed by atoms with Crippen LogP contribution >= 0.6 is 11.6 Å². The van der Waals surface area contributed by atoms with Crippen molar-refractivity contribution in [2.45, 2.75) is 13.8 Å². The van der Waals surface area contributed by atoms with Gasteiger partial charge in [-0.1, -0.05) is 17.7 Å². The summed E-state index contributed by atoms with van der Waals surface area (Å²) in [5, 5.41) is 0.733. The molecule has 0 amide bonds. The van der Waals surface area contributed by atoms with Gasteiger partial charge < -0.3 is 4.90 Å². The normalized spacial score (nSPS) is 18.4. The lowest BCUT2D eigenvalue weighted by atomic mass is 10.1. The molecule has 0 bridgehead atoms. The maximum atomic E-state index is 6.03. The Morgan fingerprint density at radius 3 is 2.94 bits per heavy atom. The van der Waals surface area contributed by atoms with Gasteiger partial charge in [0.2, 0.25) is 0 Å². The van der Waals surface area contributed by atoms with Crippen LogP contribution < -0.4 is 0 Å². The second-order valence-corrected chi connectivity index (χ2v) is 4.64. The van der Waals surface area contributed by atoms with E-state index in [1.54, 1.807) is 6.20 Å². The van der Waals surface area contributed by atoms with Crippen molar-refractivity contribution < 1.29 is 0 Å². The fraction of sp³-hybridized carbons (Fsp3) is 0.286. The predicted octanol–water partition coefficient (Wildman–Crippen LogP) is 3.11. The number of halogens is 1. The Morgan fingerprint density at radius 1 is 1.50 bits per heavy atom. The SMILES string of the molecule is CC=C(Cl)C=C1CN=C(c2cnccc2C)N1C. The molecule has 0 aromatic carbocycles. The number of aromatic nitrogens is 1. The summed E-state index contributed by atoms with van der Waals surface area (Å²) < 4.78 is 0. The summed E-state index contributed by atoms with van der Waals surface area (Å²) in [7, 11) is 2.00. The topological polar surface area (TPSA) is 28.5 Å². The van der Waals surface area contributed by atoms with E-state index in [9.17, 15) is 0 Å². The molecule has 0 unspecified atom stereocenters. The van der Waals surface area contributed by atoms with Crippen LogP contribution in [-0.4, -0.2) is 29.3 Å². The standard InChI is InChI=1S/C14H16ClN3/c1-4-11(15)7-12-8-17-14(18(12)3)13-9-16-6-5-10(13)2/h4-7,9H,8H2,1-3H3. The van der Waals surface area contributed by atoms with Crippen molar-refractivity contribution in [3.8, 4) is 0 Å². The number of hydrogen-bond acceptors (Lipinski definition) is 3. The Hall–Kier alpha value is -1.61. The van der Waals surface area contributed by atoms with E-state index < -0.39 is 0 Å². The fourth-order valence-corrected chi connectivity index (χ4v) is 1.98. The minimum atomic E-state index is 0.657. The van der Waals surface area contributed by atoms with E-state index in [4.69, 9.17) is 11.6 Å². The Bertz CT molecular complexity index is 544. The van der Waals surface area contributed by atoms with Crippen molar-refractivity contribution in [2.24, 2.45) is 4.99 Å². The Balaban J connectivity index is 2.30. The molecule has 3 nitrogen and oxygen atoms in total. The van der Waals surface area contributed by atoms with Gasteiger partial charge in [0.15, 0.2) is 0 Å². The van der Waals surface area contributed by atoms with Crippen LogP contribution in [0.25, 0.3) is 0 Å². The average Bonchev–Trinajstić information content (AvgIpc) is 2.72. The molecule has 18 heavy (non-hydrogen) atoms. The molecule has 0 saturated carbocycles. The largest absolute Gasteiger partial charge is 0.331 e.